The van der Waals surface area contributed by atoms with Gasteiger partial charge in [0.1, 0.15) is 0 Å². The van der Waals surface area contributed by atoms with Crippen molar-refractivity contribution in [1.82, 2.24) is 25.0 Å². The molecule has 20 heavy (non-hydrogen) atoms. The molecule has 0 aromatic carbocycles. The molecule has 7 nitrogen and oxygen atoms in total. The summed E-state index contributed by atoms with van der Waals surface area (Å²) < 4.78 is 5.25. The summed E-state index contributed by atoms with van der Waals surface area (Å²) in [6, 6.07) is 1.73. The summed E-state index contributed by atoms with van der Waals surface area (Å²) in [7, 11) is 0. The minimum absolute atomic E-state index is 0.141. The van der Waals surface area contributed by atoms with E-state index >= 15 is 0 Å². The minimum atomic E-state index is 0.141. The number of amides is 1. The molecule has 1 saturated carbocycles. The summed E-state index contributed by atoms with van der Waals surface area (Å²) in [4.78, 5) is 26.2. The van der Waals surface area contributed by atoms with Gasteiger partial charge >= 0.3 is 0 Å². The smallest absolute Gasteiger partial charge is 0.240 e. The molecule has 1 saturated heterocycles. The van der Waals surface area contributed by atoms with Gasteiger partial charge in [0.2, 0.25) is 23.4 Å². The van der Waals surface area contributed by atoms with Gasteiger partial charge in [0.05, 0.1) is 5.92 Å². The van der Waals surface area contributed by atoms with Crippen molar-refractivity contribution in [1.29, 1.82) is 0 Å². The number of aromatic nitrogens is 4. The van der Waals surface area contributed by atoms with Gasteiger partial charge in [0, 0.05) is 31.4 Å². The highest BCUT2D eigenvalue weighted by Crippen LogP contribution is 2.35. The van der Waals surface area contributed by atoms with E-state index in [1.54, 1.807) is 18.5 Å². The van der Waals surface area contributed by atoms with Gasteiger partial charge in [-0.2, -0.15) is 4.98 Å². The fourth-order valence-corrected chi connectivity index (χ4v) is 2.31. The van der Waals surface area contributed by atoms with Crippen LogP contribution in [-0.2, 0) is 4.79 Å². The van der Waals surface area contributed by atoms with Crippen LogP contribution in [0.2, 0.25) is 0 Å². The van der Waals surface area contributed by atoms with Crippen LogP contribution in [0.4, 0.5) is 0 Å². The molecule has 2 fully saturated rings. The van der Waals surface area contributed by atoms with Crippen LogP contribution in [0.3, 0.4) is 0 Å². The van der Waals surface area contributed by atoms with Gasteiger partial charge in [-0.05, 0) is 18.9 Å². The summed E-state index contributed by atoms with van der Waals surface area (Å²) in [6.45, 7) is 1.35. The third kappa shape index (κ3) is 1.95. The molecular weight excluding hydrogens is 258 g/mol. The fraction of sp³-hybridized carbons (Fsp3) is 0.462. The van der Waals surface area contributed by atoms with Gasteiger partial charge < -0.3 is 9.42 Å². The Morgan fingerprint density at radius 2 is 1.95 bits per heavy atom. The van der Waals surface area contributed by atoms with E-state index < -0.39 is 0 Å². The van der Waals surface area contributed by atoms with Crippen LogP contribution in [0.25, 0.3) is 11.6 Å². The lowest BCUT2D eigenvalue weighted by atomic mass is 9.99. The first-order valence-electron chi connectivity index (χ1n) is 6.71. The maximum Gasteiger partial charge on any atom is 0.240 e. The van der Waals surface area contributed by atoms with Gasteiger partial charge in [-0.1, -0.05) is 5.16 Å². The molecule has 0 N–H and O–H groups in total. The van der Waals surface area contributed by atoms with E-state index in [1.807, 2.05) is 4.90 Å². The molecule has 1 amide bonds. The number of likely N-dealkylation sites (tertiary alicyclic amines) is 1. The highest BCUT2D eigenvalue weighted by Gasteiger charge is 2.41. The second-order valence-corrected chi connectivity index (χ2v) is 5.24. The van der Waals surface area contributed by atoms with Crippen molar-refractivity contribution in [2.75, 3.05) is 13.1 Å². The molecule has 0 atom stereocenters. The molecule has 102 valence electrons. The lowest BCUT2D eigenvalue weighted by molar-refractivity contribution is -0.137. The minimum Gasteiger partial charge on any atom is -0.341 e. The zero-order chi connectivity index (χ0) is 13.5. The van der Waals surface area contributed by atoms with E-state index in [-0.39, 0.29) is 17.7 Å². The van der Waals surface area contributed by atoms with Crippen molar-refractivity contribution < 1.29 is 9.32 Å². The first kappa shape index (κ1) is 11.5. The number of carbonyl (C=O) groups is 1. The zero-order valence-electron chi connectivity index (χ0n) is 10.8. The molecule has 4 rings (SSSR count). The monoisotopic (exact) mass is 271 g/mol. The van der Waals surface area contributed by atoms with Gasteiger partial charge in [0.15, 0.2) is 0 Å². The maximum atomic E-state index is 11.8. The van der Waals surface area contributed by atoms with Crippen molar-refractivity contribution in [2.45, 2.75) is 18.8 Å². The summed E-state index contributed by atoms with van der Waals surface area (Å²) in [5.74, 6) is 2.09. The second-order valence-electron chi connectivity index (χ2n) is 5.24. The summed E-state index contributed by atoms with van der Waals surface area (Å²) in [5, 5.41) is 3.89. The highest BCUT2D eigenvalue weighted by molar-refractivity contribution is 5.81. The Morgan fingerprint density at radius 3 is 2.65 bits per heavy atom. The number of nitrogens with zero attached hydrogens (tertiary/aromatic N) is 5. The average Bonchev–Trinajstić information content (AvgIpc) is 3.17. The van der Waals surface area contributed by atoms with Crippen LogP contribution in [0.5, 0.6) is 0 Å². The van der Waals surface area contributed by atoms with Crippen LogP contribution in [0.1, 0.15) is 24.7 Å². The van der Waals surface area contributed by atoms with Crippen LogP contribution >= 0.6 is 0 Å². The number of hydrogen-bond donors (Lipinski definition) is 0. The van der Waals surface area contributed by atoms with E-state index in [2.05, 4.69) is 20.1 Å². The highest BCUT2D eigenvalue weighted by atomic mass is 16.5. The molecule has 2 aromatic rings. The van der Waals surface area contributed by atoms with Crippen LogP contribution in [0, 0.1) is 5.92 Å². The Bertz CT molecular complexity index is 631. The molecule has 2 aromatic heterocycles. The Labute approximate surface area is 115 Å². The van der Waals surface area contributed by atoms with Gasteiger partial charge in [-0.15, -0.1) is 0 Å². The lowest BCUT2D eigenvalue weighted by Crippen LogP contribution is -2.49. The molecule has 7 heteroatoms. The molecule has 3 heterocycles. The third-order valence-electron chi connectivity index (χ3n) is 3.68. The Hall–Kier alpha value is -2.31. The number of hydrogen-bond acceptors (Lipinski definition) is 6. The van der Waals surface area contributed by atoms with E-state index in [0.29, 0.717) is 30.6 Å². The van der Waals surface area contributed by atoms with Gasteiger partial charge in [-0.25, -0.2) is 9.97 Å². The van der Waals surface area contributed by atoms with Crippen molar-refractivity contribution in [3.8, 4) is 11.6 Å². The van der Waals surface area contributed by atoms with E-state index in [0.717, 1.165) is 12.8 Å². The average molecular weight is 271 g/mol. The third-order valence-corrected chi connectivity index (χ3v) is 3.68. The maximum absolute atomic E-state index is 11.8. The van der Waals surface area contributed by atoms with Crippen LogP contribution in [0.15, 0.2) is 23.0 Å². The van der Waals surface area contributed by atoms with Gasteiger partial charge in [-0.3, -0.25) is 4.79 Å². The van der Waals surface area contributed by atoms with Gasteiger partial charge in [0.25, 0.3) is 0 Å². The first-order valence-corrected chi connectivity index (χ1v) is 6.71. The normalized spacial score (nSPS) is 18.9. The molecule has 1 aliphatic carbocycles. The molecular formula is C13H13N5O2. The summed E-state index contributed by atoms with van der Waals surface area (Å²) in [6.07, 6.45) is 5.35. The fourth-order valence-electron chi connectivity index (χ4n) is 2.31. The quantitative estimate of drug-likeness (QED) is 0.823. The van der Waals surface area contributed by atoms with Crippen LogP contribution in [-0.4, -0.2) is 44.0 Å². The van der Waals surface area contributed by atoms with E-state index in [9.17, 15) is 4.79 Å². The second kappa shape index (κ2) is 4.36. The van der Waals surface area contributed by atoms with Crippen molar-refractivity contribution >= 4 is 5.91 Å². The summed E-state index contributed by atoms with van der Waals surface area (Å²) in [5.41, 5.74) is 0. The topological polar surface area (TPSA) is 85.0 Å². The Morgan fingerprint density at radius 1 is 1.20 bits per heavy atom. The number of rotatable bonds is 3. The Balaban J connectivity index is 1.43. The Kier molecular flexibility index (Phi) is 2.51. The lowest BCUT2D eigenvalue weighted by Gasteiger charge is -2.37. The molecule has 0 bridgehead atoms. The number of carbonyl (C=O) groups excluding carboxylic acids is 1. The van der Waals surface area contributed by atoms with Crippen molar-refractivity contribution in [3.63, 3.8) is 0 Å². The summed E-state index contributed by atoms with van der Waals surface area (Å²) >= 11 is 0. The predicted octanol–water partition coefficient (Wildman–Crippen LogP) is 0.862. The van der Waals surface area contributed by atoms with E-state index in [1.165, 1.54) is 0 Å². The molecule has 0 spiro atoms. The molecule has 1 aliphatic heterocycles. The predicted molar refractivity (Wildman–Crippen MR) is 67.4 cm³/mol. The standard InChI is InChI=1S/C13H13N5O2/c19-13(8-2-3-8)18-6-9(7-18)12-16-11(17-20-12)10-14-4-1-5-15-10/h1,4-5,8-9H,2-3,6-7H2. The molecule has 0 unspecified atom stereocenters. The SMILES string of the molecule is O=C(C1CC1)N1CC(c2nc(-c3ncccn3)no2)C1. The largest absolute Gasteiger partial charge is 0.341 e. The molecule has 2 aliphatic rings. The zero-order valence-corrected chi connectivity index (χ0v) is 10.8. The molecule has 0 radical (unpaired) electrons. The van der Waals surface area contributed by atoms with E-state index in [4.69, 9.17) is 4.52 Å². The first-order chi connectivity index (χ1) is 9.81. The van der Waals surface area contributed by atoms with Crippen LogP contribution < -0.4 is 0 Å². The van der Waals surface area contributed by atoms with Crippen molar-refractivity contribution in [2.24, 2.45) is 5.92 Å². The van der Waals surface area contributed by atoms with Crippen molar-refractivity contribution in [3.05, 3.63) is 24.4 Å².